The average Bonchev–Trinajstić information content (AvgIpc) is 2.28. The molecule has 0 saturated carbocycles. The van der Waals surface area contributed by atoms with E-state index >= 15 is 0 Å². The van der Waals surface area contributed by atoms with E-state index < -0.39 is 40.1 Å². The van der Waals surface area contributed by atoms with Crippen molar-refractivity contribution in [1.29, 1.82) is 5.26 Å². The number of rotatable bonds is 0. The molecule has 1 aliphatic rings. The minimum absolute atomic E-state index is 0.673. The summed E-state index contributed by atoms with van der Waals surface area (Å²) in [7, 11) is 0. The molecular formula is C7F6N2. The predicted molar refractivity (Wildman–Crippen MR) is 35.2 cm³/mol. The van der Waals surface area contributed by atoms with E-state index in [1.54, 1.807) is 0 Å². The summed E-state index contributed by atoms with van der Waals surface area (Å²) < 4.78 is 75.4. The number of hydrogen-bond donors (Lipinski definition) is 0. The first-order chi connectivity index (χ1) is 6.91. The maximum atomic E-state index is 12.7. The Morgan fingerprint density at radius 1 is 0.733 bits per heavy atom. The second-order valence-corrected chi connectivity index (χ2v) is 2.27. The molecule has 0 radical (unpaired) electrons. The summed E-state index contributed by atoms with van der Waals surface area (Å²) in [6.45, 7) is 0. The standard InChI is InChI=1S/C7F6N2/c8-2-3(9)5(11)7(13)15(1-14)6(12)4(2)10. The van der Waals surface area contributed by atoms with E-state index in [1.165, 1.54) is 0 Å². The third-order valence-electron chi connectivity index (χ3n) is 1.43. The molecule has 0 bridgehead atoms. The summed E-state index contributed by atoms with van der Waals surface area (Å²) in [6, 6.07) is 0. The zero-order valence-corrected chi connectivity index (χ0v) is 6.66. The second kappa shape index (κ2) is 3.68. The second-order valence-electron chi connectivity index (χ2n) is 2.27. The van der Waals surface area contributed by atoms with Crippen molar-refractivity contribution in [2.24, 2.45) is 0 Å². The summed E-state index contributed by atoms with van der Waals surface area (Å²) in [5.74, 6) is -14.8. The lowest BCUT2D eigenvalue weighted by Crippen LogP contribution is -2.12. The lowest BCUT2D eigenvalue weighted by molar-refractivity contribution is 0.312. The monoisotopic (exact) mass is 226 g/mol. The molecule has 0 aliphatic carbocycles. The molecule has 0 atom stereocenters. The Bertz CT molecular complexity index is 407. The van der Waals surface area contributed by atoms with Crippen LogP contribution in [0.25, 0.3) is 0 Å². The molecule has 15 heavy (non-hydrogen) atoms. The summed E-state index contributed by atoms with van der Waals surface area (Å²) >= 11 is 0. The van der Waals surface area contributed by atoms with Crippen LogP contribution in [0.3, 0.4) is 0 Å². The number of nitrogens with zero attached hydrogens (tertiary/aromatic N) is 2. The molecular weight excluding hydrogens is 226 g/mol. The van der Waals surface area contributed by atoms with Crippen molar-refractivity contribution in [1.82, 2.24) is 4.90 Å². The van der Waals surface area contributed by atoms with Gasteiger partial charge in [-0.05, 0) is 0 Å². The van der Waals surface area contributed by atoms with Crippen molar-refractivity contribution in [3.8, 4) is 6.19 Å². The molecule has 0 spiro atoms. The number of nitriles is 1. The van der Waals surface area contributed by atoms with Gasteiger partial charge in [0, 0.05) is 0 Å². The van der Waals surface area contributed by atoms with E-state index in [2.05, 4.69) is 0 Å². The summed E-state index contributed by atoms with van der Waals surface area (Å²) in [5.41, 5.74) is 0. The van der Waals surface area contributed by atoms with Crippen LogP contribution in [0.2, 0.25) is 0 Å². The van der Waals surface area contributed by atoms with Crippen LogP contribution in [0.4, 0.5) is 26.3 Å². The van der Waals surface area contributed by atoms with Crippen molar-refractivity contribution in [3.05, 3.63) is 35.2 Å². The Balaban J connectivity index is 3.54. The third kappa shape index (κ3) is 1.56. The molecule has 0 aromatic rings. The molecule has 0 amide bonds. The normalized spacial score (nSPS) is 18.3. The molecule has 0 N–H and O–H groups in total. The highest BCUT2D eigenvalue weighted by Crippen LogP contribution is 2.36. The Labute approximate surface area is 79.0 Å². The van der Waals surface area contributed by atoms with E-state index in [1.807, 2.05) is 0 Å². The zero-order chi connectivity index (χ0) is 11.7. The Kier molecular flexibility index (Phi) is 2.74. The fraction of sp³-hybridized carbons (Fsp3) is 0. The van der Waals surface area contributed by atoms with E-state index in [-0.39, 0.29) is 0 Å². The van der Waals surface area contributed by atoms with Crippen LogP contribution in [0.5, 0.6) is 0 Å². The quantitative estimate of drug-likeness (QED) is 0.360. The van der Waals surface area contributed by atoms with Gasteiger partial charge in [-0.1, -0.05) is 0 Å². The first-order valence-corrected chi connectivity index (χ1v) is 3.28. The molecule has 2 nitrogen and oxygen atoms in total. The Morgan fingerprint density at radius 3 is 1.33 bits per heavy atom. The van der Waals surface area contributed by atoms with Crippen LogP contribution in [-0.4, -0.2) is 4.90 Å². The van der Waals surface area contributed by atoms with Gasteiger partial charge in [-0.15, -0.1) is 0 Å². The van der Waals surface area contributed by atoms with Crippen molar-refractivity contribution in [2.45, 2.75) is 0 Å². The minimum Gasteiger partial charge on any atom is -0.200 e. The van der Waals surface area contributed by atoms with Gasteiger partial charge in [0.25, 0.3) is 0 Å². The predicted octanol–water partition coefficient (Wildman–Crippen LogP) is 3.15. The fourth-order valence-electron chi connectivity index (χ4n) is 0.744. The van der Waals surface area contributed by atoms with Crippen molar-refractivity contribution in [3.63, 3.8) is 0 Å². The summed E-state index contributed by atoms with van der Waals surface area (Å²) in [6.07, 6.45) is 0.673. The van der Waals surface area contributed by atoms with Crippen LogP contribution >= 0.6 is 0 Å². The molecule has 0 fully saturated rings. The minimum atomic E-state index is -2.54. The van der Waals surface area contributed by atoms with Crippen LogP contribution in [-0.2, 0) is 0 Å². The van der Waals surface area contributed by atoms with Crippen molar-refractivity contribution >= 4 is 0 Å². The van der Waals surface area contributed by atoms with Gasteiger partial charge in [-0.25, -0.2) is 8.78 Å². The van der Waals surface area contributed by atoms with Gasteiger partial charge in [0.05, 0.1) is 0 Å². The Hall–Kier alpha value is -1.91. The molecule has 0 aromatic carbocycles. The van der Waals surface area contributed by atoms with Crippen LogP contribution in [0.1, 0.15) is 0 Å². The van der Waals surface area contributed by atoms with E-state index in [0.717, 1.165) is 0 Å². The van der Waals surface area contributed by atoms with E-state index in [9.17, 15) is 26.3 Å². The van der Waals surface area contributed by atoms with E-state index in [4.69, 9.17) is 5.26 Å². The lowest BCUT2D eigenvalue weighted by atomic mass is 10.4. The molecule has 0 saturated heterocycles. The highest BCUT2D eigenvalue weighted by atomic mass is 19.2. The maximum absolute atomic E-state index is 12.7. The van der Waals surface area contributed by atoms with Gasteiger partial charge in [0.1, 0.15) is 0 Å². The van der Waals surface area contributed by atoms with Gasteiger partial charge in [0.2, 0.25) is 35.2 Å². The van der Waals surface area contributed by atoms with Gasteiger partial charge in [-0.3, -0.25) is 0 Å². The smallest absolute Gasteiger partial charge is 0.200 e. The number of halogens is 6. The SMILES string of the molecule is N#CN1C(F)=C(F)C(F)=C(F)C(F)=C1F. The largest absolute Gasteiger partial charge is 0.248 e. The topological polar surface area (TPSA) is 27.0 Å². The van der Waals surface area contributed by atoms with Gasteiger partial charge >= 0.3 is 0 Å². The molecule has 0 unspecified atom stereocenters. The van der Waals surface area contributed by atoms with Crippen molar-refractivity contribution < 1.29 is 26.3 Å². The number of allylic oxidation sites excluding steroid dienone is 4. The molecule has 0 aromatic heterocycles. The molecule has 80 valence electrons. The fourth-order valence-corrected chi connectivity index (χ4v) is 0.744. The van der Waals surface area contributed by atoms with Crippen LogP contribution < -0.4 is 0 Å². The Morgan fingerprint density at radius 2 is 1.07 bits per heavy atom. The third-order valence-corrected chi connectivity index (χ3v) is 1.43. The van der Waals surface area contributed by atoms with Gasteiger partial charge in [-0.2, -0.15) is 27.7 Å². The first-order valence-electron chi connectivity index (χ1n) is 3.28. The highest BCUT2D eigenvalue weighted by molar-refractivity contribution is 5.38. The van der Waals surface area contributed by atoms with E-state index in [0.29, 0.717) is 6.19 Å². The molecule has 1 rings (SSSR count). The number of hydrogen-bond acceptors (Lipinski definition) is 2. The van der Waals surface area contributed by atoms with Crippen molar-refractivity contribution in [2.75, 3.05) is 0 Å². The van der Waals surface area contributed by atoms with Crippen LogP contribution in [0, 0.1) is 11.5 Å². The first kappa shape index (κ1) is 11.2. The van der Waals surface area contributed by atoms with Crippen LogP contribution in [0.15, 0.2) is 35.2 Å². The maximum Gasteiger partial charge on any atom is 0.248 e. The summed E-state index contributed by atoms with van der Waals surface area (Å²) in [5, 5.41) is 8.10. The van der Waals surface area contributed by atoms with Gasteiger partial charge < -0.3 is 0 Å². The molecule has 8 heteroatoms. The zero-order valence-electron chi connectivity index (χ0n) is 6.66. The average molecular weight is 226 g/mol. The van der Waals surface area contributed by atoms with Gasteiger partial charge in [0.15, 0.2) is 6.19 Å². The molecule has 1 aliphatic heterocycles. The molecule has 1 heterocycles. The highest BCUT2D eigenvalue weighted by Gasteiger charge is 2.33. The lowest BCUT2D eigenvalue weighted by Gasteiger charge is -2.07. The summed E-state index contributed by atoms with van der Waals surface area (Å²) in [4.78, 5) is -0.850.